The minimum absolute atomic E-state index is 0.0584. The van der Waals surface area contributed by atoms with Gasteiger partial charge in [-0.3, -0.25) is 23.7 Å². The minimum atomic E-state index is -0.371. The van der Waals surface area contributed by atoms with E-state index < -0.39 is 0 Å². The predicted molar refractivity (Wildman–Crippen MR) is 148 cm³/mol. The van der Waals surface area contributed by atoms with Crippen molar-refractivity contribution in [2.75, 3.05) is 0 Å². The van der Waals surface area contributed by atoms with E-state index in [-0.39, 0.29) is 22.8 Å². The first-order chi connectivity index (χ1) is 17.1. The first kappa shape index (κ1) is 34.8. The molecule has 0 amide bonds. The van der Waals surface area contributed by atoms with Crippen LogP contribution in [0.5, 0.6) is 0 Å². The van der Waals surface area contributed by atoms with E-state index in [1.807, 2.05) is 27.7 Å². The number of aryl methyl sites for hydroxylation is 2. The quantitative estimate of drug-likeness (QED) is 0.348. The lowest BCUT2D eigenvalue weighted by atomic mass is 10.2. The average molecular weight is 504 g/mol. The third-order valence-electron chi connectivity index (χ3n) is 4.43. The minimum Gasteiger partial charge on any atom is -0.328 e. The van der Waals surface area contributed by atoms with E-state index in [2.05, 4.69) is 23.8 Å². The second-order valence-electron chi connectivity index (χ2n) is 7.49. The van der Waals surface area contributed by atoms with Crippen LogP contribution in [0.4, 0.5) is 0 Å². The van der Waals surface area contributed by atoms with Crippen LogP contribution in [0.15, 0.2) is 40.4 Å². The number of hydrogen-bond acceptors (Lipinski definition) is 6. The van der Waals surface area contributed by atoms with Crippen molar-refractivity contribution >= 4 is 22.7 Å². The molecule has 0 saturated carbocycles. The molecule has 0 spiro atoms. The lowest BCUT2D eigenvalue weighted by Gasteiger charge is -2.08. The van der Waals surface area contributed by atoms with Gasteiger partial charge < -0.3 is 9.36 Å². The van der Waals surface area contributed by atoms with Crippen molar-refractivity contribution in [3.05, 3.63) is 57.3 Å². The Kier molecular flexibility index (Phi) is 19.2. The van der Waals surface area contributed by atoms with Gasteiger partial charge in [0.05, 0.1) is 6.33 Å². The normalized spacial score (nSPS) is 9.28. The Hall–Kier alpha value is -3.36. The summed E-state index contributed by atoms with van der Waals surface area (Å²) in [6.45, 7) is 15.6. The summed E-state index contributed by atoms with van der Waals surface area (Å²) in [5.41, 5.74) is 0.772. The van der Waals surface area contributed by atoms with Gasteiger partial charge in [0.1, 0.15) is 5.78 Å². The summed E-state index contributed by atoms with van der Waals surface area (Å²) >= 11 is 0. The van der Waals surface area contributed by atoms with E-state index in [1.54, 1.807) is 43.2 Å². The Morgan fingerprint density at radius 3 is 2.00 bits per heavy atom. The van der Waals surface area contributed by atoms with Gasteiger partial charge in [-0.15, -0.1) is 0 Å². The number of nitrogens with zero attached hydrogens (tertiary/aromatic N) is 5. The third-order valence-corrected chi connectivity index (χ3v) is 4.43. The van der Waals surface area contributed by atoms with Crippen LogP contribution in [-0.2, 0) is 25.4 Å². The summed E-state index contributed by atoms with van der Waals surface area (Å²) in [6, 6.07) is 3.49. The first-order valence-corrected chi connectivity index (χ1v) is 12.7. The summed E-state index contributed by atoms with van der Waals surface area (Å²) in [4.78, 5) is 53.8. The Morgan fingerprint density at radius 1 is 0.972 bits per heavy atom. The molecule has 0 fully saturated rings. The molecule has 202 valence electrons. The van der Waals surface area contributed by atoms with Crippen LogP contribution in [0.3, 0.4) is 0 Å². The van der Waals surface area contributed by atoms with Gasteiger partial charge in [0.2, 0.25) is 0 Å². The highest BCUT2D eigenvalue weighted by atomic mass is 16.2. The molecule has 0 N–H and O–H groups in total. The standard InChI is InChI=1S/C13H18N4O3.C7H7NO.C3H8.2C2H6/c1-9(18)6-4-5-7-17-12(19)10-11(14-8-15(10)2)16(3)13(17)20;1-6(9)7-3-2-4-8-5-7;1-3-2;2*1-2/h8H,4-7H2,1-3H3;2-5H,1H3;3H2,1-2H3;2*1-2H3. The monoisotopic (exact) mass is 503 g/mol. The highest BCUT2D eigenvalue weighted by Gasteiger charge is 2.14. The summed E-state index contributed by atoms with van der Waals surface area (Å²) in [5.74, 6) is 0.176. The van der Waals surface area contributed by atoms with E-state index in [4.69, 9.17) is 0 Å². The van der Waals surface area contributed by atoms with Crippen LogP contribution in [0, 0.1) is 0 Å². The highest BCUT2D eigenvalue weighted by Crippen LogP contribution is 2.04. The molecule has 9 nitrogen and oxygen atoms in total. The van der Waals surface area contributed by atoms with Crippen LogP contribution < -0.4 is 11.2 Å². The van der Waals surface area contributed by atoms with E-state index >= 15 is 0 Å². The number of ketones is 2. The number of unbranched alkanes of at least 4 members (excludes halogenated alkanes) is 1. The molecule has 0 aliphatic rings. The van der Waals surface area contributed by atoms with Crippen molar-refractivity contribution in [1.82, 2.24) is 23.7 Å². The Labute approximate surface area is 215 Å². The van der Waals surface area contributed by atoms with Crippen molar-refractivity contribution in [3.63, 3.8) is 0 Å². The maximum Gasteiger partial charge on any atom is 0.332 e. The lowest BCUT2D eigenvalue weighted by Crippen LogP contribution is -2.39. The van der Waals surface area contributed by atoms with Gasteiger partial charge in [0.25, 0.3) is 5.56 Å². The third kappa shape index (κ3) is 11.4. The summed E-state index contributed by atoms with van der Waals surface area (Å²) < 4.78 is 4.20. The molecule has 9 heteroatoms. The topological polar surface area (TPSA) is 109 Å². The molecule has 0 aliphatic heterocycles. The lowest BCUT2D eigenvalue weighted by molar-refractivity contribution is -0.117. The van der Waals surface area contributed by atoms with E-state index in [0.717, 1.165) is 0 Å². The van der Waals surface area contributed by atoms with Crippen molar-refractivity contribution in [2.24, 2.45) is 14.1 Å². The number of hydrogen-bond donors (Lipinski definition) is 0. The van der Waals surface area contributed by atoms with Gasteiger partial charge >= 0.3 is 5.69 Å². The predicted octanol–water partition coefficient (Wildman–Crippen LogP) is 4.95. The number of fused-ring (bicyclic) bond motifs is 1. The summed E-state index contributed by atoms with van der Waals surface area (Å²) in [5, 5.41) is 0. The number of imidazole rings is 1. The van der Waals surface area contributed by atoms with Crippen LogP contribution in [0.2, 0.25) is 0 Å². The van der Waals surface area contributed by atoms with Gasteiger partial charge in [0, 0.05) is 45.0 Å². The molecule has 36 heavy (non-hydrogen) atoms. The molecule has 0 bridgehead atoms. The van der Waals surface area contributed by atoms with Gasteiger partial charge in [-0.1, -0.05) is 48.0 Å². The van der Waals surface area contributed by atoms with Crippen LogP contribution in [0.1, 0.15) is 91.4 Å². The SMILES string of the molecule is CC.CC.CC(=O)CCCCn1c(=O)c2c(ncn2C)n(C)c1=O.CC(=O)c1cccnc1.CCC. The Morgan fingerprint density at radius 2 is 1.56 bits per heavy atom. The number of Topliss-reactive ketones (excluding diaryl/α,β-unsaturated/α-hetero) is 2. The summed E-state index contributed by atoms with van der Waals surface area (Å²) in [6.07, 6.45) is 7.75. The number of aromatic nitrogens is 5. The molecular weight excluding hydrogens is 458 g/mol. The zero-order chi connectivity index (χ0) is 28.3. The fourth-order valence-corrected chi connectivity index (χ4v) is 2.81. The maximum atomic E-state index is 12.3. The molecule has 0 aromatic carbocycles. The fourth-order valence-electron chi connectivity index (χ4n) is 2.81. The second-order valence-corrected chi connectivity index (χ2v) is 7.49. The summed E-state index contributed by atoms with van der Waals surface area (Å²) in [7, 11) is 3.32. The van der Waals surface area contributed by atoms with E-state index in [1.165, 1.54) is 35.7 Å². The van der Waals surface area contributed by atoms with Crippen LogP contribution in [0.25, 0.3) is 11.2 Å². The molecule has 3 aromatic rings. The van der Waals surface area contributed by atoms with Gasteiger partial charge in [-0.05, 0) is 38.8 Å². The zero-order valence-electron chi connectivity index (χ0n) is 23.8. The van der Waals surface area contributed by atoms with Gasteiger partial charge in [-0.25, -0.2) is 9.78 Å². The molecular formula is C27H45N5O4. The zero-order valence-corrected chi connectivity index (χ0v) is 23.8. The van der Waals surface area contributed by atoms with E-state index in [0.29, 0.717) is 42.5 Å². The highest BCUT2D eigenvalue weighted by molar-refractivity contribution is 5.93. The number of rotatable bonds is 6. The fraction of sp³-hybridized carbons (Fsp3) is 0.556. The molecule has 0 radical (unpaired) electrons. The molecule has 3 heterocycles. The van der Waals surface area contributed by atoms with Crippen LogP contribution >= 0.6 is 0 Å². The van der Waals surface area contributed by atoms with Crippen molar-refractivity contribution in [1.29, 1.82) is 0 Å². The first-order valence-electron chi connectivity index (χ1n) is 12.7. The van der Waals surface area contributed by atoms with Crippen molar-refractivity contribution in [2.45, 2.75) is 87.6 Å². The number of carbonyl (C=O) groups is 2. The molecule has 0 atom stereocenters. The molecule has 0 unspecified atom stereocenters. The van der Waals surface area contributed by atoms with Crippen molar-refractivity contribution in [3.8, 4) is 0 Å². The molecule has 0 saturated heterocycles. The van der Waals surface area contributed by atoms with E-state index in [9.17, 15) is 19.2 Å². The smallest absolute Gasteiger partial charge is 0.328 e. The second kappa shape index (κ2) is 19.9. The Balaban J connectivity index is 0. The molecule has 3 aromatic heterocycles. The number of pyridine rings is 1. The Bertz CT molecular complexity index is 1140. The van der Waals surface area contributed by atoms with Gasteiger partial charge in [0.15, 0.2) is 16.9 Å². The molecule has 3 rings (SSSR count). The average Bonchev–Trinajstić information content (AvgIpc) is 3.27. The van der Waals surface area contributed by atoms with Crippen LogP contribution in [-0.4, -0.2) is 35.2 Å². The van der Waals surface area contributed by atoms with Gasteiger partial charge in [-0.2, -0.15) is 0 Å². The number of carbonyl (C=O) groups excluding carboxylic acids is 2. The molecule has 0 aliphatic carbocycles. The largest absolute Gasteiger partial charge is 0.332 e. The van der Waals surface area contributed by atoms with Crippen molar-refractivity contribution < 1.29 is 9.59 Å². The maximum absolute atomic E-state index is 12.3.